The van der Waals surface area contributed by atoms with Gasteiger partial charge in [-0.15, -0.1) is 0 Å². The standard InChI is InChI=1S/C15H21N3S/c1-3-19-10-8-11(2)18-14-7-6-13(16)15-12(14)5-4-9-17-15/h4-7,9,11,18H,3,8,10,16H2,1-2H3. The van der Waals surface area contributed by atoms with Crippen molar-refractivity contribution in [2.45, 2.75) is 26.3 Å². The van der Waals surface area contributed by atoms with Crippen molar-refractivity contribution in [2.24, 2.45) is 0 Å². The van der Waals surface area contributed by atoms with Gasteiger partial charge in [-0.1, -0.05) is 6.92 Å². The molecular weight excluding hydrogens is 254 g/mol. The van der Waals surface area contributed by atoms with Crippen LogP contribution in [0, 0.1) is 0 Å². The number of aromatic nitrogens is 1. The lowest BCUT2D eigenvalue weighted by atomic mass is 10.1. The SMILES string of the molecule is CCSCCC(C)Nc1ccc(N)c2ncccc12. The van der Waals surface area contributed by atoms with Crippen LogP contribution in [0.15, 0.2) is 30.5 Å². The molecule has 0 spiro atoms. The molecule has 3 N–H and O–H groups in total. The van der Waals surface area contributed by atoms with Crippen LogP contribution >= 0.6 is 11.8 Å². The molecule has 0 radical (unpaired) electrons. The van der Waals surface area contributed by atoms with Crippen molar-refractivity contribution >= 4 is 34.0 Å². The number of thioether (sulfide) groups is 1. The summed E-state index contributed by atoms with van der Waals surface area (Å²) in [5, 5.41) is 4.66. The molecule has 0 bridgehead atoms. The van der Waals surface area contributed by atoms with Gasteiger partial charge in [0.05, 0.1) is 11.2 Å². The number of rotatable bonds is 6. The fraction of sp³-hybridized carbons (Fsp3) is 0.400. The molecule has 0 saturated carbocycles. The molecule has 1 atom stereocenters. The number of nitrogens with zero attached hydrogens (tertiary/aromatic N) is 1. The lowest BCUT2D eigenvalue weighted by Crippen LogP contribution is -2.16. The van der Waals surface area contributed by atoms with Crippen molar-refractivity contribution in [1.82, 2.24) is 4.98 Å². The normalized spacial score (nSPS) is 12.5. The van der Waals surface area contributed by atoms with Crippen molar-refractivity contribution in [3.8, 4) is 0 Å². The maximum atomic E-state index is 5.96. The molecule has 0 aliphatic heterocycles. The van der Waals surface area contributed by atoms with Gasteiger partial charge in [-0.3, -0.25) is 4.98 Å². The van der Waals surface area contributed by atoms with E-state index in [0.29, 0.717) is 6.04 Å². The Hall–Kier alpha value is -1.42. The molecule has 102 valence electrons. The Balaban J connectivity index is 2.14. The van der Waals surface area contributed by atoms with Crippen LogP contribution in [0.1, 0.15) is 20.3 Å². The minimum absolute atomic E-state index is 0.450. The summed E-state index contributed by atoms with van der Waals surface area (Å²) < 4.78 is 0. The lowest BCUT2D eigenvalue weighted by molar-refractivity contribution is 0.773. The summed E-state index contributed by atoms with van der Waals surface area (Å²) in [5.41, 5.74) is 8.69. The predicted octanol–water partition coefficient (Wildman–Crippen LogP) is 3.76. The summed E-state index contributed by atoms with van der Waals surface area (Å²) in [6.45, 7) is 4.41. The predicted molar refractivity (Wildman–Crippen MR) is 86.9 cm³/mol. The summed E-state index contributed by atoms with van der Waals surface area (Å²) in [6.07, 6.45) is 2.94. The number of fused-ring (bicyclic) bond motifs is 1. The molecule has 2 rings (SSSR count). The first-order valence-corrected chi connectivity index (χ1v) is 7.85. The van der Waals surface area contributed by atoms with E-state index in [1.54, 1.807) is 6.20 Å². The summed E-state index contributed by atoms with van der Waals surface area (Å²) in [6, 6.07) is 8.43. The van der Waals surface area contributed by atoms with E-state index in [2.05, 4.69) is 30.2 Å². The first-order chi connectivity index (χ1) is 9.22. The van der Waals surface area contributed by atoms with Gasteiger partial charge in [0.2, 0.25) is 0 Å². The van der Waals surface area contributed by atoms with Gasteiger partial charge in [-0.05, 0) is 49.1 Å². The molecule has 1 aromatic heterocycles. The molecule has 19 heavy (non-hydrogen) atoms. The zero-order chi connectivity index (χ0) is 13.7. The van der Waals surface area contributed by atoms with Crippen LogP contribution in [-0.4, -0.2) is 22.5 Å². The highest BCUT2D eigenvalue weighted by Gasteiger charge is 2.07. The van der Waals surface area contributed by atoms with E-state index < -0.39 is 0 Å². The minimum Gasteiger partial charge on any atom is -0.397 e. The molecule has 0 fully saturated rings. The van der Waals surface area contributed by atoms with Crippen LogP contribution in [0.2, 0.25) is 0 Å². The average molecular weight is 275 g/mol. The number of nitrogens with one attached hydrogen (secondary N) is 1. The summed E-state index contributed by atoms with van der Waals surface area (Å²) in [5.74, 6) is 2.37. The number of benzene rings is 1. The van der Waals surface area contributed by atoms with Crippen molar-refractivity contribution in [1.29, 1.82) is 0 Å². The van der Waals surface area contributed by atoms with E-state index in [9.17, 15) is 0 Å². The molecule has 2 aromatic rings. The molecule has 0 aliphatic carbocycles. The lowest BCUT2D eigenvalue weighted by Gasteiger charge is -2.17. The quantitative estimate of drug-likeness (QED) is 0.622. The molecule has 1 aromatic carbocycles. The van der Waals surface area contributed by atoms with Crippen molar-refractivity contribution in [3.63, 3.8) is 0 Å². The first kappa shape index (κ1) is 14.0. The van der Waals surface area contributed by atoms with Gasteiger partial charge in [0.25, 0.3) is 0 Å². The third-order valence-corrected chi connectivity index (χ3v) is 4.03. The van der Waals surface area contributed by atoms with Crippen LogP contribution in [0.3, 0.4) is 0 Å². The molecule has 1 unspecified atom stereocenters. The highest BCUT2D eigenvalue weighted by atomic mass is 32.2. The summed E-state index contributed by atoms with van der Waals surface area (Å²) in [4.78, 5) is 4.35. The maximum Gasteiger partial charge on any atom is 0.0951 e. The number of nitrogen functional groups attached to an aromatic ring is 1. The Kier molecular flexibility index (Phi) is 4.91. The number of anilines is 2. The Bertz CT molecular complexity index is 542. The van der Waals surface area contributed by atoms with Gasteiger partial charge in [0.15, 0.2) is 0 Å². The molecule has 4 heteroatoms. The Morgan fingerprint density at radius 1 is 1.37 bits per heavy atom. The van der Waals surface area contributed by atoms with E-state index in [1.807, 2.05) is 30.0 Å². The molecule has 0 amide bonds. The smallest absolute Gasteiger partial charge is 0.0951 e. The second-order valence-corrected chi connectivity index (χ2v) is 6.03. The van der Waals surface area contributed by atoms with Crippen LogP contribution in [-0.2, 0) is 0 Å². The zero-order valence-corrected chi connectivity index (χ0v) is 12.3. The highest BCUT2D eigenvalue weighted by Crippen LogP contribution is 2.27. The van der Waals surface area contributed by atoms with Crippen LogP contribution < -0.4 is 11.1 Å². The van der Waals surface area contributed by atoms with E-state index in [4.69, 9.17) is 5.73 Å². The van der Waals surface area contributed by atoms with Crippen LogP contribution in [0.25, 0.3) is 10.9 Å². The molecule has 3 nitrogen and oxygen atoms in total. The Morgan fingerprint density at radius 3 is 3.00 bits per heavy atom. The van der Waals surface area contributed by atoms with Gasteiger partial charge >= 0.3 is 0 Å². The minimum atomic E-state index is 0.450. The van der Waals surface area contributed by atoms with Gasteiger partial charge in [0, 0.05) is 23.3 Å². The number of hydrogen-bond acceptors (Lipinski definition) is 4. The van der Waals surface area contributed by atoms with E-state index in [-0.39, 0.29) is 0 Å². The molecule has 0 aliphatic rings. The van der Waals surface area contributed by atoms with E-state index >= 15 is 0 Å². The monoisotopic (exact) mass is 275 g/mol. The van der Waals surface area contributed by atoms with Gasteiger partial charge < -0.3 is 11.1 Å². The largest absolute Gasteiger partial charge is 0.397 e. The van der Waals surface area contributed by atoms with Crippen LogP contribution in [0.4, 0.5) is 11.4 Å². The fourth-order valence-corrected chi connectivity index (χ4v) is 2.87. The average Bonchev–Trinajstić information content (AvgIpc) is 2.43. The highest BCUT2D eigenvalue weighted by molar-refractivity contribution is 7.99. The van der Waals surface area contributed by atoms with E-state index in [1.165, 1.54) is 11.5 Å². The van der Waals surface area contributed by atoms with Gasteiger partial charge in [0.1, 0.15) is 0 Å². The Morgan fingerprint density at radius 2 is 2.21 bits per heavy atom. The molecule has 1 heterocycles. The van der Waals surface area contributed by atoms with Gasteiger partial charge in [-0.25, -0.2) is 0 Å². The Labute approximate surface area is 119 Å². The van der Waals surface area contributed by atoms with Crippen molar-refractivity contribution in [3.05, 3.63) is 30.5 Å². The summed E-state index contributed by atoms with van der Waals surface area (Å²) >= 11 is 1.98. The topological polar surface area (TPSA) is 50.9 Å². The van der Waals surface area contributed by atoms with Crippen molar-refractivity contribution < 1.29 is 0 Å². The van der Waals surface area contributed by atoms with Crippen molar-refractivity contribution in [2.75, 3.05) is 22.6 Å². The van der Waals surface area contributed by atoms with E-state index in [0.717, 1.165) is 28.7 Å². The first-order valence-electron chi connectivity index (χ1n) is 6.70. The molecule has 0 saturated heterocycles. The maximum absolute atomic E-state index is 5.96. The summed E-state index contributed by atoms with van der Waals surface area (Å²) in [7, 11) is 0. The van der Waals surface area contributed by atoms with Gasteiger partial charge in [-0.2, -0.15) is 11.8 Å². The zero-order valence-electron chi connectivity index (χ0n) is 11.5. The third kappa shape index (κ3) is 3.53. The fourth-order valence-electron chi connectivity index (χ4n) is 2.06. The second-order valence-electron chi connectivity index (χ2n) is 4.63. The number of pyridine rings is 1. The molecular formula is C15H21N3S. The second kappa shape index (κ2) is 6.66. The van der Waals surface area contributed by atoms with Crippen LogP contribution in [0.5, 0.6) is 0 Å². The number of hydrogen-bond donors (Lipinski definition) is 2. The third-order valence-electron chi connectivity index (χ3n) is 3.10. The number of nitrogens with two attached hydrogens (primary N) is 1.